The van der Waals surface area contributed by atoms with Crippen LogP contribution in [0.3, 0.4) is 0 Å². The summed E-state index contributed by atoms with van der Waals surface area (Å²) >= 11 is 0. The van der Waals surface area contributed by atoms with Crippen LogP contribution in [0.2, 0.25) is 0 Å². The van der Waals surface area contributed by atoms with Crippen molar-refractivity contribution in [2.75, 3.05) is 53.1 Å². The third kappa shape index (κ3) is 9.45. The molecule has 0 bridgehead atoms. The predicted octanol–water partition coefficient (Wildman–Crippen LogP) is 10.1. The number of nitrogens with one attached hydrogen (secondary N) is 1. The van der Waals surface area contributed by atoms with Gasteiger partial charge in [0, 0.05) is 103 Å². The number of benzene rings is 3. The number of rotatable bonds is 17. The van der Waals surface area contributed by atoms with Crippen LogP contribution in [0.15, 0.2) is 83.9 Å². The van der Waals surface area contributed by atoms with E-state index in [2.05, 4.69) is 33.0 Å². The second kappa shape index (κ2) is 19.3. The molecule has 11 nitrogen and oxygen atoms in total. The maximum Gasteiger partial charge on any atom is 0.329 e. The standard InChI is InChI=1S/C52H60F3N7O4/c1-33-26-39-38-12-7-8-13-44(38)58-48(39)50(61(33)32-52(2,3)55)47-41(53)28-37(29-42(47)54)65-22-10-6-9-20-59(4)21-11-23-66-46-17-15-35(30-57-46)34-14-16-43-40(27-34)49-45(31-56-43)60(5)51(63)62(49)36-18-24-64-25-19-36/h7-8,12-17,27-31,33,36,50,58H,6,9-11,18-26,32H2,1-5H3/t33-,50-/m1/s1. The number of halogens is 3. The number of aryl methyl sites for hydroxylation is 1. The third-order valence-electron chi connectivity index (χ3n) is 13.3. The quantitative estimate of drug-likeness (QED) is 0.0902. The first-order valence-electron chi connectivity index (χ1n) is 23.4. The highest BCUT2D eigenvalue weighted by Crippen LogP contribution is 2.44. The average molecular weight is 904 g/mol. The van der Waals surface area contributed by atoms with Gasteiger partial charge in [-0.25, -0.2) is 22.9 Å². The summed E-state index contributed by atoms with van der Waals surface area (Å²) in [7, 11) is 3.89. The molecule has 3 aromatic carbocycles. The number of aromatic amines is 1. The Morgan fingerprint density at radius 3 is 2.38 bits per heavy atom. The fourth-order valence-electron chi connectivity index (χ4n) is 10.0. The number of hydrogen-bond donors (Lipinski definition) is 1. The van der Waals surface area contributed by atoms with Gasteiger partial charge in [-0.3, -0.25) is 19.0 Å². The van der Waals surface area contributed by atoms with Gasteiger partial charge >= 0.3 is 5.69 Å². The molecule has 0 spiro atoms. The summed E-state index contributed by atoms with van der Waals surface area (Å²) in [4.78, 5) is 30.3. The van der Waals surface area contributed by atoms with Crippen molar-refractivity contribution in [1.29, 1.82) is 0 Å². The van der Waals surface area contributed by atoms with Gasteiger partial charge in [0.25, 0.3) is 0 Å². The minimum atomic E-state index is -1.57. The van der Waals surface area contributed by atoms with Gasteiger partial charge in [-0.15, -0.1) is 0 Å². The van der Waals surface area contributed by atoms with Crippen LogP contribution in [0.5, 0.6) is 11.6 Å². The number of ether oxygens (including phenoxy) is 3. The maximum absolute atomic E-state index is 16.1. The van der Waals surface area contributed by atoms with Gasteiger partial charge in [-0.05, 0) is 115 Å². The Bertz CT molecular complexity index is 2860. The van der Waals surface area contributed by atoms with E-state index in [1.165, 1.54) is 26.0 Å². The maximum atomic E-state index is 16.1. The highest BCUT2D eigenvalue weighted by atomic mass is 19.1. The van der Waals surface area contributed by atoms with E-state index in [0.717, 1.165) is 101 Å². The molecular formula is C52H60F3N7O4. The molecular weight excluding hydrogens is 844 g/mol. The topological polar surface area (TPSA) is 103 Å². The zero-order valence-electron chi connectivity index (χ0n) is 38.6. The van der Waals surface area contributed by atoms with Gasteiger partial charge < -0.3 is 24.1 Å². The molecule has 7 aromatic rings. The van der Waals surface area contributed by atoms with Gasteiger partial charge in [0.05, 0.1) is 42.0 Å². The van der Waals surface area contributed by atoms with E-state index in [1.807, 2.05) is 71.1 Å². The number of pyridine rings is 2. The largest absolute Gasteiger partial charge is 0.493 e. The smallest absolute Gasteiger partial charge is 0.329 e. The molecule has 1 fully saturated rings. The van der Waals surface area contributed by atoms with Gasteiger partial charge in [0.2, 0.25) is 5.88 Å². The van der Waals surface area contributed by atoms with Crippen LogP contribution >= 0.6 is 0 Å². The van der Waals surface area contributed by atoms with Crippen molar-refractivity contribution in [3.63, 3.8) is 0 Å². The molecule has 0 unspecified atom stereocenters. The van der Waals surface area contributed by atoms with Crippen molar-refractivity contribution in [2.45, 2.75) is 89.5 Å². The number of H-pyrrole nitrogens is 1. The lowest BCUT2D eigenvalue weighted by atomic mass is 9.87. The summed E-state index contributed by atoms with van der Waals surface area (Å²) in [6.45, 7) is 8.92. The number of unbranched alkanes of at least 4 members (excludes halogenated alkanes) is 2. The van der Waals surface area contributed by atoms with E-state index in [4.69, 9.17) is 14.2 Å². The van der Waals surface area contributed by atoms with Crippen LogP contribution in [-0.2, 0) is 18.2 Å². The van der Waals surface area contributed by atoms with E-state index in [-0.39, 0.29) is 35.6 Å². The Hall–Kier alpha value is -5.70. The average Bonchev–Trinajstić information content (AvgIpc) is 3.80. The summed E-state index contributed by atoms with van der Waals surface area (Å²) in [5.74, 6) is -0.706. The molecule has 2 atom stereocenters. The van der Waals surface area contributed by atoms with Crippen LogP contribution < -0.4 is 15.2 Å². The van der Waals surface area contributed by atoms with Crippen molar-refractivity contribution in [1.82, 2.24) is 33.9 Å². The van der Waals surface area contributed by atoms with Crippen molar-refractivity contribution < 1.29 is 27.4 Å². The lowest BCUT2D eigenvalue weighted by Crippen LogP contribution is -2.48. The fraction of sp³-hybridized carbons (Fsp3) is 0.442. The van der Waals surface area contributed by atoms with E-state index < -0.39 is 23.3 Å². The normalized spacial score (nSPS) is 17.3. The van der Waals surface area contributed by atoms with Crippen LogP contribution in [-0.4, -0.2) is 98.7 Å². The van der Waals surface area contributed by atoms with Gasteiger partial charge in [-0.2, -0.15) is 0 Å². The zero-order valence-corrected chi connectivity index (χ0v) is 38.6. The number of aromatic nitrogens is 5. The van der Waals surface area contributed by atoms with Crippen LogP contribution in [0.1, 0.15) is 88.2 Å². The molecule has 0 amide bonds. The van der Waals surface area contributed by atoms with E-state index in [1.54, 1.807) is 17.8 Å². The Kier molecular flexibility index (Phi) is 13.3. The summed E-state index contributed by atoms with van der Waals surface area (Å²) in [5, 5.41) is 1.96. The first-order chi connectivity index (χ1) is 31.8. The Morgan fingerprint density at radius 1 is 0.879 bits per heavy atom. The second-order valence-corrected chi connectivity index (χ2v) is 18.8. The van der Waals surface area contributed by atoms with Crippen LogP contribution in [0.25, 0.3) is 44.0 Å². The van der Waals surface area contributed by atoms with Gasteiger partial charge in [0.15, 0.2) is 0 Å². The first-order valence-corrected chi connectivity index (χ1v) is 23.4. The van der Waals surface area contributed by atoms with Crippen molar-refractivity contribution >= 4 is 32.8 Å². The van der Waals surface area contributed by atoms with Crippen molar-refractivity contribution in [3.05, 3.63) is 118 Å². The minimum absolute atomic E-state index is 0.0242. The highest BCUT2D eigenvalue weighted by Gasteiger charge is 2.41. The zero-order chi connectivity index (χ0) is 46.1. The van der Waals surface area contributed by atoms with Crippen molar-refractivity contribution in [2.24, 2.45) is 7.05 Å². The van der Waals surface area contributed by atoms with E-state index in [9.17, 15) is 4.79 Å². The minimum Gasteiger partial charge on any atom is -0.493 e. The third-order valence-corrected chi connectivity index (χ3v) is 13.3. The number of alkyl halides is 1. The number of fused-ring (bicyclic) bond motifs is 6. The van der Waals surface area contributed by atoms with Gasteiger partial charge in [-0.1, -0.05) is 24.3 Å². The monoisotopic (exact) mass is 903 g/mol. The number of imidazole rings is 1. The van der Waals surface area contributed by atoms with Crippen molar-refractivity contribution in [3.8, 4) is 22.8 Å². The number of nitrogens with zero attached hydrogens (tertiary/aromatic N) is 6. The number of para-hydroxylation sites is 1. The molecule has 0 radical (unpaired) electrons. The molecule has 4 aromatic heterocycles. The SMILES string of the molecule is C[C@@H]1Cc2c([nH]c3ccccc23)[C@@H](c2c(F)cc(OCCCCCN(C)CCCOc3ccc(-c4ccc5ncc6c(c5c4)n(C4CCOCC4)c(=O)n6C)cn3)cc2F)N1CC(C)(C)F. The molecule has 1 saturated heterocycles. The molecule has 14 heteroatoms. The lowest BCUT2D eigenvalue weighted by molar-refractivity contribution is 0.0642. The van der Waals surface area contributed by atoms with Crippen LogP contribution in [0.4, 0.5) is 13.2 Å². The van der Waals surface area contributed by atoms with E-state index in [0.29, 0.717) is 44.4 Å². The molecule has 2 aliphatic rings. The van der Waals surface area contributed by atoms with Crippen LogP contribution in [0, 0.1) is 11.6 Å². The molecule has 2 aliphatic heterocycles. The Morgan fingerprint density at radius 2 is 1.62 bits per heavy atom. The molecule has 348 valence electrons. The summed E-state index contributed by atoms with van der Waals surface area (Å²) in [6, 6.07) is 19.5. The molecule has 0 saturated carbocycles. The summed E-state index contributed by atoms with van der Waals surface area (Å²) < 4.78 is 68.4. The van der Waals surface area contributed by atoms with Gasteiger partial charge in [0.1, 0.15) is 23.1 Å². The Labute approximate surface area is 383 Å². The van der Waals surface area contributed by atoms with E-state index >= 15 is 13.2 Å². The number of hydrogen-bond acceptors (Lipinski definition) is 8. The fourth-order valence-corrected chi connectivity index (χ4v) is 10.0. The highest BCUT2D eigenvalue weighted by molar-refractivity contribution is 6.04. The predicted molar refractivity (Wildman–Crippen MR) is 253 cm³/mol. The molecule has 1 N–H and O–H groups in total. The molecule has 9 rings (SSSR count). The second-order valence-electron chi connectivity index (χ2n) is 18.8. The lowest BCUT2D eigenvalue weighted by Gasteiger charge is -2.43. The molecule has 66 heavy (non-hydrogen) atoms. The first kappa shape index (κ1) is 45.5. The Balaban J connectivity index is 0.733. The summed E-state index contributed by atoms with van der Waals surface area (Å²) in [6.07, 6.45) is 9.28. The molecule has 0 aliphatic carbocycles. The molecule has 6 heterocycles. The summed E-state index contributed by atoms with van der Waals surface area (Å²) in [5.41, 5.74) is 5.40.